The van der Waals surface area contributed by atoms with Gasteiger partial charge >= 0.3 is 0 Å². The second-order valence-electron chi connectivity index (χ2n) is 4.88. The normalized spacial score (nSPS) is 10.1. The fraction of sp³-hybridized carbons (Fsp3) is 0. The highest BCUT2D eigenvalue weighted by Crippen LogP contribution is 2.31. The van der Waals surface area contributed by atoms with Crippen molar-refractivity contribution in [2.75, 3.05) is 0 Å². The number of nitro benzene ring substituents is 1. The van der Waals surface area contributed by atoms with Crippen molar-refractivity contribution in [2.24, 2.45) is 0 Å². The second kappa shape index (κ2) is 6.14. The van der Waals surface area contributed by atoms with Crippen molar-refractivity contribution in [3.05, 3.63) is 70.3 Å². The molecular weight excluding hydrogens is 308 g/mol. The second-order valence-corrected chi connectivity index (χ2v) is 4.88. The van der Waals surface area contributed by atoms with Gasteiger partial charge in [-0.2, -0.15) is 10.2 Å². The fourth-order valence-electron chi connectivity index (χ4n) is 2.24. The average Bonchev–Trinajstić information content (AvgIpc) is 2.62. The summed E-state index contributed by atoms with van der Waals surface area (Å²) < 4.78 is 0. The van der Waals surface area contributed by atoms with Gasteiger partial charge in [0.25, 0.3) is 5.69 Å². The number of aromatic nitrogens is 2. The van der Waals surface area contributed by atoms with E-state index in [-0.39, 0.29) is 22.8 Å². The van der Waals surface area contributed by atoms with Gasteiger partial charge in [-0.05, 0) is 0 Å². The van der Waals surface area contributed by atoms with Gasteiger partial charge in [0.15, 0.2) is 5.82 Å². The minimum atomic E-state index is -0.533. The van der Waals surface area contributed by atoms with Crippen molar-refractivity contribution in [3.8, 4) is 34.6 Å². The third-order valence-electron chi connectivity index (χ3n) is 3.36. The highest BCUT2D eigenvalue weighted by Gasteiger charge is 2.18. The van der Waals surface area contributed by atoms with Crippen molar-refractivity contribution in [1.82, 2.24) is 9.97 Å². The molecule has 1 N–H and O–H groups in total. The molecule has 0 unspecified atom stereocenters. The Morgan fingerprint density at radius 2 is 1.75 bits per heavy atom. The Bertz CT molecular complexity index is 965. The van der Waals surface area contributed by atoms with Gasteiger partial charge in [0, 0.05) is 23.3 Å². The molecule has 24 heavy (non-hydrogen) atoms. The van der Waals surface area contributed by atoms with E-state index in [2.05, 4.69) is 9.97 Å². The van der Waals surface area contributed by atoms with E-state index in [9.17, 15) is 20.5 Å². The molecule has 1 heterocycles. The molecule has 0 aliphatic rings. The number of benzene rings is 2. The van der Waals surface area contributed by atoms with Crippen LogP contribution in [0, 0.1) is 21.4 Å². The summed E-state index contributed by atoms with van der Waals surface area (Å²) in [7, 11) is 0. The Labute approximate surface area is 136 Å². The molecule has 3 aromatic rings. The molecule has 0 saturated carbocycles. The molecule has 7 nitrogen and oxygen atoms in total. The van der Waals surface area contributed by atoms with Gasteiger partial charge in [0.05, 0.1) is 10.6 Å². The molecule has 0 radical (unpaired) electrons. The molecular formula is C17H10N4O3. The summed E-state index contributed by atoms with van der Waals surface area (Å²) in [4.78, 5) is 18.7. The van der Waals surface area contributed by atoms with Crippen LogP contribution in [-0.2, 0) is 0 Å². The number of rotatable bonds is 3. The minimum Gasteiger partial charge on any atom is -0.492 e. The molecule has 0 saturated heterocycles. The van der Waals surface area contributed by atoms with Gasteiger partial charge in [0.2, 0.25) is 5.88 Å². The van der Waals surface area contributed by atoms with Crippen LogP contribution in [0.4, 0.5) is 5.69 Å². The third kappa shape index (κ3) is 2.76. The number of nitro groups is 1. The molecule has 0 aliphatic heterocycles. The molecule has 1 aromatic heterocycles. The van der Waals surface area contributed by atoms with Gasteiger partial charge in [0.1, 0.15) is 11.6 Å². The SMILES string of the molecule is N#Cc1c(O)nc(-c2ccccc2)nc1-c1cccc([N+](=O)[O-])c1. The first-order valence-corrected chi connectivity index (χ1v) is 6.91. The Morgan fingerprint density at radius 3 is 2.42 bits per heavy atom. The molecule has 0 amide bonds. The maximum Gasteiger partial charge on any atom is 0.270 e. The number of nitrogens with zero attached hydrogens (tertiary/aromatic N) is 4. The van der Waals surface area contributed by atoms with Crippen molar-refractivity contribution >= 4 is 5.69 Å². The summed E-state index contributed by atoms with van der Waals surface area (Å²) in [6.07, 6.45) is 0. The van der Waals surface area contributed by atoms with E-state index in [1.54, 1.807) is 30.3 Å². The lowest BCUT2D eigenvalue weighted by Gasteiger charge is -2.08. The van der Waals surface area contributed by atoms with Gasteiger partial charge in [-0.15, -0.1) is 0 Å². The maximum absolute atomic E-state index is 11.0. The summed E-state index contributed by atoms with van der Waals surface area (Å²) >= 11 is 0. The van der Waals surface area contributed by atoms with Gasteiger partial charge in [-0.3, -0.25) is 10.1 Å². The fourth-order valence-corrected chi connectivity index (χ4v) is 2.24. The number of aromatic hydroxyl groups is 1. The van der Waals surface area contributed by atoms with E-state index in [0.29, 0.717) is 11.1 Å². The van der Waals surface area contributed by atoms with E-state index < -0.39 is 10.8 Å². The molecule has 116 valence electrons. The lowest BCUT2D eigenvalue weighted by molar-refractivity contribution is -0.384. The van der Waals surface area contributed by atoms with E-state index in [4.69, 9.17) is 0 Å². The molecule has 0 fully saturated rings. The van der Waals surface area contributed by atoms with Gasteiger partial charge < -0.3 is 5.11 Å². The number of hydrogen-bond donors (Lipinski definition) is 1. The lowest BCUT2D eigenvalue weighted by atomic mass is 10.1. The smallest absolute Gasteiger partial charge is 0.270 e. The summed E-state index contributed by atoms with van der Waals surface area (Å²) in [5, 5.41) is 30.3. The van der Waals surface area contributed by atoms with Crippen molar-refractivity contribution < 1.29 is 10.0 Å². The van der Waals surface area contributed by atoms with Crippen LogP contribution in [0.15, 0.2) is 54.6 Å². The van der Waals surface area contributed by atoms with Gasteiger partial charge in [-0.25, -0.2) is 4.98 Å². The Hall–Kier alpha value is -3.79. The first-order chi connectivity index (χ1) is 11.6. The number of hydrogen-bond acceptors (Lipinski definition) is 6. The minimum absolute atomic E-state index is 0.129. The zero-order valence-corrected chi connectivity index (χ0v) is 12.2. The van der Waals surface area contributed by atoms with Crippen LogP contribution in [0.5, 0.6) is 5.88 Å². The van der Waals surface area contributed by atoms with Crippen LogP contribution in [-0.4, -0.2) is 20.0 Å². The highest BCUT2D eigenvalue weighted by molar-refractivity contribution is 5.73. The summed E-state index contributed by atoms with van der Waals surface area (Å²) in [6.45, 7) is 0. The van der Waals surface area contributed by atoms with E-state index >= 15 is 0 Å². The monoisotopic (exact) mass is 318 g/mol. The number of non-ortho nitro benzene ring substituents is 1. The predicted molar refractivity (Wildman–Crippen MR) is 85.9 cm³/mol. The summed E-state index contributed by atoms with van der Waals surface area (Å²) in [6, 6.07) is 16.5. The highest BCUT2D eigenvalue weighted by atomic mass is 16.6. The zero-order valence-electron chi connectivity index (χ0n) is 12.2. The predicted octanol–water partition coefficient (Wildman–Crippen LogP) is 3.30. The Morgan fingerprint density at radius 1 is 1.04 bits per heavy atom. The van der Waals surface area contributed by atoms with Crippen LogP contribution >= 0.6 is 0 Å². The van der Waals surface area contributed by atoms with Crippen LogP contribution in [0.3, 0.4) is 0 Å². The van der Waals surface area contributed by atoms with Crippen molar-refractivity contribution in [1.29, 1.82) is 5.26 Å². The first-order valence-electron chi connectivity index (χ1n) is 6.91. The third-order valence-corrected chi connectivity index (χ3v) is 3.36. The molecule has 0 atom stereocenters. The largest absolute Gasteiger partial charge is 0.492 e. The quantitative estimate of drug-likeness (QED) is 0.585. The van der Waals surface area contributed by atoms with Crippen LogP contribution in [0.1, 0.15) is 5.56 Å². The molecule has 3 rings (SSSR count). The van der Waals surface area contributed by atoms with Crippen molar-refractivity contribution in [3.63, 3.8) is 0 Å². The Kier molecular flexibility index (Phi) is 3.87. The maximum atomic E-state index is 11.0. The molecule has 2 aromatic carbocycles. The lowest BCUT2D eigenvalue weighted by Crippen LogP contribution is -1.98. The Balaban J connectivity index is 2.23. The van der Waals surface area contributed by atoms with Crippen molar-refractivity contribution in [2.45, 2.75) is 0 Å². The summed E-state index contributed by atoms with van der Waals surface area (Å²) in [5.41, 5.74) is 0.901. The molecule has 0 aliphatic carbocycles. The standard InChI is InChI=1S/C17H10N4O3/c18-10-14-15(12-7-4-8-13(9-12)21(23)24)19-16(20-17(14)22)11-5-2-1-3-6-11/h1-9H,(H,19,20,22). The number of nitriles is 1. The van der Waals surface area contributed by atoms with Gasteiger partial charge in [-0.1, -0.05) is 42.5 Å². The average molecular weight is 318 g/mol. The van der Waals surface area contributed by atoms with Crippen LogP contribution in [0.2, 0.25) is 0 Å². The van der Waals surface area contributed by atoms with E-state index in [1.807, 2.05) is 12.1 Å². The summed E-state index contributed by atoms with van der Waals surface area (Å²) in [5.74, 6) is -0.235. The zero-order chi connectivity index (χ0) is 17.1. The van der Waals surface area contributed by atoms with E-state index in [1.165, 1.54) is 18.2 Å². The topological polar surface area (TPSA) is 113 Å². The van der Waals surface area contributed by atoms with E-state index in [0.717, 1.165) is 0 Å². The molecule has 0 bridgehead atoms. The molecule has 0 spiro atoms. The first kappa shape index (κ1) is 15.1. The van der Waals surface area contributed by atoms with Crippen LogP contribution < -0.4 is 0 Å². The van der Waals surface area contributed by atoms with Crippen LogP contribution in [0.25, 0.3) is 22.6 Å². The molecule has 7 heteroatoms.